The number of anilines is 1. The number of halogens is 2. The fourth-order valence-electron chi connectivity index (χ4n) is 2.88. The molecular weight excluding hydrogens is 423 g/mol. The molecule has 1 fully saturated rings. The van der Waals surface area contributed by atoms with Gasteiger partial charge in [-0.2, -0.15) is 4.31 Å². The Balaban J connectivity index is 1.51. The minimum Gasteiger partial charge on any atom is -0.325 e. The monoisotopic (exact) mass is 442 g/mol. The van der Waals surface area contributed by atoms with Gasteiger partial charge in [0.2, 0.25) is 15.9 Å². The quantitative estimate of drug-likeness (QED) is 0.700. The van der Waals surface area contributed by atoms with E-state index in [0.717, 1.165) is 12.8 Å². The van der Waals surface area contributed by atoms with Crippen molar-refractivity contribution in [1.29, 1.82) is 0 Å². The summed E-state index contributed by atoms with van der Waals surface area (Å²) in [4.78, 5) is 12.3. The lowest BCUT2D eigenvalue weighted by molar-refractivity contribution is -0.113. The molecule has 9 heteroatoms. The number of rotatable bonds is 7. The summed E-state index contributed by atoms with van der Waals surface area (Å²) in [6.07, 6.45) is 1.76. The molecule has 2 aromatic carbocycles. The molecule has 0 atom stereocenters. The van der Waals surface area contributed by atoms with E-state index in [2.05, 4.69) is 5.32 Å². The van der Waals surface area contributed by atoms with Gasteiger partial charge in [0.15, 0.2) is 0 Å². The van der Waals surface area contributed by atoms with E-state index >= 15 is 0 Å². The summed E-state index contributed by atoms with van der Waals surface area (Å²) in [5.74, 6) is -0.135. The van der Waals surface area contributed by atoms with Crippen molar-refractivity contribution in [2.24, 2.45) is 0 Å². The summed E-state index contributed by atoms with van der Waals surface area (Å²) in [5, 5.41) is 3.05. The fraction of sp³-hybridized carbons (Fsp3) is 0.316. The van der Waals surface area contributed by atoms with Gasteiger partial charge in [0.05, 0.1) is 10.6 Å². The molecule has 0 aliphatic carbocycles. The van der Waals surface area contributed by atoms with E-state index in [-0.39, 0.29) is 16.6 Å². The van der Waals surface area contributed by atoms with Crippen molar-refractivity contribution < 1.29 is 17.6 Å². The third-order valence-electron chi connectivity index (χ3n) is 4.35. The lowest BCUT2D eigenvalue weighted by atomic mass is 10.2. The van der Waals surface area contributed by atoms with Gasteiger partial charge in [0.25, 0.3) is 0 Å². The molecule has 150 valence electrons. The molecule has 0 bridgehead atoms. The molecule has 1 heterocycles. The second-order valence-corrected chi connectivity index (χ2v) is 9.77. The number of sulfonamides is 1. The molecule has 1 aliphatic rings. The average Bonchev–Trinajstić information content (AvgIpc) is 3.20. The molecule has 1 aliphatic heterocycles. The van der Waals surface area contributed by atoms with Gasteiger partial charge in [-0.05, 0) is 54.8 Å². The third-order valence-corrected chi connectivity index (χ3v) is 7.48. The summed E-state index contributed by atoms with van der Waals surface area (Å²) < 4.78 is 40.2. The molecule has 3 rings (SSSR count). The SMILES string of the molecule is O=C(CSCc1ccc(Cl)cc1F)Nc1ccc(S(=O)(=O)N2CCCC2)cc1. The highest BCUT2D eigenvalue weighted by atomic mass is 35.5. The summed E-state index contributed by atoms with van der Waals surface area (Å²) in [5.41, 5.74) is 1.00. The van der Waals surface area contributed by atoms with Crippen molar-refractivity contribution in [3.8, 4) is 0 Å². The van der Waals surface area contributed by atoms with Crippen molar-refractivity contribution in [3.05, 3.63) is 58.9 Å². The van der Waals surface area contributed by atoms with Crippen LogP contribution in [0.2, 0.25) is 5.02 Å². The maximum Gasteiger partial charge on any atom is 0.243 e. The van der Waals surface area contributed by atoms with Gasteiger partial charge in [-0.25, -0.2) is 12.8 Å². The number of nitrogens with zero attached hydrogens (tertiary/aromatic N) is 1. The van der Waals surface area contributed by atoms with Crippen LogP contribution in [0.25, 0.3) is 0 Å². The predicted octanol–water partition coefficient (Wildman–Crippen LogP) is 4.14. The topological polar surface area (TPSA) is 66.5 Å². The molecule has 1 N–H and O–H groups in total. The highest BCUT2D eigenvalue weighted by molar-refractivity contribution is 7.99. The van der Waals surface area contributed by atoms with E-state index in [4.69, 9.17) is 11.6 Å². The average molecular weight is 443 g/mol. The number of hydrogen-bond donors (Lipinski definition) is 1. The van der Waals surface area contributed by atoms with Crippen LogP contribution < -0.4 is 5.32 Å². The van der Waals surface area contributed by atoms with Crippen molar-refractivity contribution in [3.63, 3.8) is 0 Å². The van der Waals surface area contributed by atoms with E-state index in [0.29, 0.717) is 35.1 Å². The normalized spacial score (nSPS) is 14.9. The Morgan fingerprint density at radius 1 is 1.14 bits per heavy atom. The van der Waals surface area contributed by atoms with E-state index in [9.17, 15) is 17.6 Å². The van der Waals surface area contributed by atoms with E-state index in [1.54, 1.807) is 24.3 Å². The maximum absolute atomic E-state index is 13.7. The Kier molecular flexibility index (Phi) is 6.98. The molecule has 0 spiro atoms. The van der Waals surface area contributed by atoms with Gasteiger partial charge in [-0.3, -0.25) is 4.79 Å². The number of carbonyl (C=O) groups excluding carboxylic acids is 1. The summed E-state index contributed by atoms with van der Waals surface area (Å²) in [6.45, 7) is 1.10. The van der Waals surface area contributed by atoms with Crippen LogP contribution in [0.15, 0.2) is 47.4 Å². The van der Waals surface area contributed by atoms with Crippen LogP contribution in [0.3, 0.4) is 0 Å². The van der Waals surface area contributed by atoms with Crippen LogP contribution >= 0.6 is 23.4 Å². The van der Waals surface area contributed by atoms with Crippen LogP contribution in [0.5, 0.6) is 0 Å². The molecule has 0 unspecified atom stereocenters. The Bertz CT molecular complexity index is 946. The molecule has 5 nitrogen and oxygen atoms in total. The number of nitrogens with one attached hydrogen (secondary N) is 1. The van der Waals surface area contributed by atoms with Gasteiger partial charge in [-0.1, -0.05) is 17.7 Å². The number of benzene rings is 2. The van der Waals surface area contributed by atoms with Crippen molar-refractivity contribution in [2.75, 3.05) is 24.2 Å². The van der Waals surface area contributed by atoms with Crippen LogP contribution in [0.4, 0.5) is 10.1 Å². The lowest BCUT2D eigenvalue weighted by Gasteiger charge is -2.15. The van der Waals surface area contributed by atoms with Crippen LogP contribution in [0.1, 0.15) is 18.4 Å². The zero-order valence-corrected chi connectivity index (χ0v) is 17.4. The summed E-state index contributed by atoms with van der Waals surface area (Å²) >= 11 is 7.00. The highest BCUT2D eigenvalue weighted by Gasteiger charge is 2.26. The van der Waals surface area contributed by atoms with E-state index in [1.807, 2.05) is 0 Å². The van der Waals surface area contributed by atoms with Gasteiger partial charge in [0.1, 0.15) is 5.82 Å². The van der Waals surface area contributed by atoms with Crippen LogP contribution in [-0.2, 0) is 20.6 Å². The van der Waals surface area contributed by atoms with Gasteiger partial charge >= 0.3 is 0 Å². The summed E-state index contributed by atoms with van der Waals surface area (Å²) in [6, 6.07) is 10.6. The molecule has 0 radical (unpaired) electrons. The number of hydrogen-bond acceptors (Lipinski definition) is 4. The standard InChI is InChI=1S/C19H20ClFN2O3S2/c20-15-4-3-14(18(21)11-15)12-27-13-19(24)22-16-5-7-17(8-6-16)28(25,26)23-9-1-2-10-23/h3-8,11H,1-2,9-10,12-13H2,(H,22,24). The van der Waals surface area contributed by atoms with E-state index in [1.165, 1.54) is 34.3 Å². The highest BCUT2D eigenvalue weighted by Crippen LogP contribution is 2.23. The molecule has 28 heavy (non-hydrogen) atoms. The minimum atomic E-state index is -3.46. The molecule has 0 aromatic heterocycles. The van der Waals surface area contributed by atoms with Gasteiger partial charge in [0, 0.05) is 29.6 Å². The molecule has 1 saturated heterocycles. The minimum absolute atomic E-state index is 0.149. The zero-order chi connectivity index (χ0) is 20.1. The van der Waals surface area contributed by atoms with Gasteiger partial charge in [-0.15, -0.1) is 11.8 Å². The Morgan fingerprint density at radius 2 is 1.82 bits per heavy atom. The number of carbonyl (C=O) groups is 1. The molecule has 1 amide bonds. The van der Waals surface area contributed by atoms with Crippen LogP contribution in [-0.4, -0.2) is 37.5 Å². The van der Waals surface area contributed by atoms with Crippen molar-refractivity contribution >= 4 is 45.0 Å². The first-order valence-electron chi connectivity index (χ1n) is 8.78. The Morgan fingerprint density at radius 3 is 2.46 bits per heavy atom. The first-order chi connectivity index (χ1) is 13.4. The number of amides is 1. The smallest absolute Gasteiger partial charge is 0.243 e. The van der Waals surface area contributed by atoms with E-state index < -0.39 is 15.8 Å². The Hall–Kier alpha value is -1.61. The molecular formula is C19H20ClFN2O3S2. The molecule has 2 aromatic rings. The predicted molar refractivity (Wildman–Crippen MR) is 111 cm³/mol. The summed E-state index contributed by atoms with van der Waals surface area (Å²) in [7, 11) is -3.46. The second kappa shape index (κ2) is 9.26. The lowest BCUT2D eigenvalue weighted by Crippen LogP contribution is -2.27. The van der Waals surface area contributed by atoms with Crippen molar-refractivity contribution in [2.45, 2.75) is 23.5 Å². The first-order valence-corrected chi connectivity index (χ1v) is 11.8. The van der Waals surface area contributed by atoms with Crippen LogP contribution in [0, 0.1) is 5.82 Å². The van der Waals surface area contributed by atoms with Gasteiger partial charge < -0.3 is 5.32 Å². The first kappa shape index (κ1) is 21.1. The largest absolute Gasteiger partial charge is 0.325 e. The Labute approximate surface area is 173 Å². The maximum atomic E-state index is 13.7. The van der Waals surface area contributed by atoms with Crippen molar-refractivity contribution in [1.82, 2.24) is 4.31 Å². The second-order valence-electron chi connectivity index (χ2n) is 6.41. The fourth-order valence-corrected chi connectivity index (χ4v) is 5.37. The number of thioether (sulfide) groups is 1. The molecule has 0 saturated carbocycles. The third kappa shape index (κ3) is 5.26. The zero-order valence-electron chi connectivity index (χ0n) is 15.0.